The van der Waals surface area contributed by atoms with Crippen molar-refractivity contribution in [1.82, 2.24) is 9.78 Å². The first kappa shape index (κ1) is 13.6. The summed E-state index contributed by atoms with van der Waals surface area (Å²) >= 11 is 0. The van der Waals surface area contributed by atoms with Crippen LogP contribution in [0.2, 0.25) is 0 Å². The molecule has 3 heteroatoms. The third kappa shape index (κ3) is 2.35. The summed E-state index contributed by atoms with van der Waals surface area (Å²) in [6, 6.07) is 14.0. The Balaban J connectivity index is 2.01. The van der Waals surface area contributed by atoms with E-state index in [1.54, 1.807) is 0 Å². The Hall–Kier alpha value is -2.42. The summed E-state index contributed by atoms with van der Waals surface area (Å²) in [6.45, 7) is 3.97. The van der Waals surface area contributed by atoms with Gasteiger partial charge in [0, 0.05) is 18.0 Å². The number of nitrogens with zero attached hydrogens (tertiary/aromatic N) is 2. The number of hydrogen-bond donors (Lipinski definition) is 0. The van der Waals surface area contributed by atoms with Gasteiger partial charge < -0.3 is 0 Å². The minimum absolute atomic E-state index is 0.134. The number of fused-ring (bicyclic) bond motifs is 1. The highest BCUT2D eigenvalue weighted by molar-refractivity contribution is 6.01. The number of aromatic nitrogens is 2. The zero-order valence-corrected chi connectivity index (χ0v) is 12.6. The Bertz CT molecular complexity index is 810. The summed E-state index contributed by atoms with van der Waals surface area (Å²) in [5.74, 6) is 0.134. The molecule has 0 amide bonds. The lowest BCUT2D eigenvalue weighted by Gasteiger charge is -2.07. The SMILES string of the molecule is Cc1cccc(C)c1C(=O)Cc1nn(C)c2ccccc12. The van der Waals surface area contributed by atoms with Crippen molar-refractivity contribution in [3.63, 3.8) is 0 Å². The van der Waals surface area contributed by atoms with Gasteiger partial charge in [-0.3, -0.25) is 9.48 Å². The van der Waals surface area contributed by atoms with Crippen molar-refractivity contribution in [2.45, 2.75) is 20.3 Å². The Kier molecular flexibility index (Phi) is 3.34. The molecule has 0 spiro atoms. The maximum absolute atomic E-state index is 12.7. The second-order valence-electron chi connectivity index (χ2n) is 5.45. The molecule has 0 radical (unpaired) electrons. The first-order valence-corrected chi connectivity index (χ1v) is 7.08. The molecule has 0 bridgehead atoms. The van der Waals surface area contributed by atoms with Crippen molar-refractivity contribution in [3.05, 3.63) is 64.8 Å². The van der Waals surface area contributed by atoms with Crippen molar-refractivity contribution in [3.8, 4) is 0 Å². The van der Waals surface area contributed by atoms with Crippen molar-refractivity contribution in [2.24, 2.45) is 7.05 Å². The molecule has 0 aliphatic carbocycles. The highest BCUT2D eigenvalue weighted by atomic mass is 16.1. The van der Waals surface area contributed by atoms with Crippen molar-refractivity contribution >= 4 is 16.7 Å². The van der Waals surface area contributed by atoms with E-state index in [0.717, 1.165) is 33.3 Å². The van der Waals surface area contributed by atoms with Crippen LogP contribution in [0.25, 0.3) is 10.9 Å². The second kappa shape index (κ2) is 5.17. The van der Waals surface area contributed by atoms with E-state index in [9.17, 15) is 4.79 Å². The number of rotatable bonds is 3. The molecule has 1 heterocycles. The molecule has 0 saturated heterocycles. The predicted octanol–water partition coefficient (Wildman–Crippen LogP) is 3.62. The highest BCUT2D eigenvalue weighted by Gasteiger charge is 2.16. The molecule has 21 heavy (non-hydrogen) atoms. The third-order valence-electron chi connectivity index (χ3n) is 3.92. The normalized spacial score (nSPS) is 11.0. The van der Waals surface area contributed by atoms with Crippen LogP contribution in [-0.4, -0.2) is 15.6 Å². The first-order valence-electron chi connectivity index (χ1n) is 7.08. The number of ketones is 1. The summed E-state index contributed by atoms with van der Waals surface area (Å²) < 4.78 is 1.84. The molecule has 0 aliphatic heterocycles. The number of para-hydroxylation sites is 1. The molecule has 0 atom stereocenters. The smallest absolute Gasteiger partial charge is 0.169 e. The Morgan fingerprint density at radius 3 is 2.43 bits per heavy atom. The molecule has 0 aliphatic rings. The molecular formula is C18H18N2O. The number of aryl methyl sites for hydroxylation is 3. The zero-order chi connectivity index (χ0) is 15.0. The van der Waals surface area contributed by atoms with E-state index in [2.05, 4.69) is 5.10 Å². The summed E-state index contributed by atoms with van der Waals surface area (Å²) in [7, 11) is 1.91. The van der Waals surface area contributed by atoms with E-state index in [4.69, 9.17) is 0 Å². The lowest BCUT2D eigenvalue weighted by Crippen LogP contribution is -2.08. The van der Waals surface area contributed by atoms with Gasteiger partial charge in [-0.1, -0.05) is 36.4 Å². The molecular weight excluding hydrogens is 260 g/mol. The first-order chi connectivity index (χ1) is 10.1. The summed E-state index contributed by atoms with van der Waals surface area (Å²) in [4.78, 5) is 12.7. The summed E-state index contributed by atoms with van der Waals surface area (Å²) in [5, 5.41) is 5.57. The van der Waals surface area contributed by atoms with Gasteiger partial charge in [0.2, 0.25) is 0 Å². The van der Waals surface area contributed by atoms with E-state index >= 15 is 0 Å². The average Bonchev–Trinajstić information content (AvgIpc) is 2.76. The molecule has 0 fully saturated rings. The number of carbonyl (C=O) groups excluding carboxylic acids is 1. The molecule has 0 N–H and O–H groups in total. The minimum atomic E-state index is 0.134. The maximum Gasteiger partial charge on any atom is 0.169 e. The fraction of sp³-hybridized carbons (Fsp3) is 0.222. The standard InChI is InChI=1S/C18H18N2O/c1-12-7-6-8-13(2)18(12)17(21)11-15-14-9-4-5-10-16(14)20(3)19-15/h4-10H,11H2,1-3H3. The molecule has 3 nitrogen and oxygen atoms in total. The zero-order valence-electron chi connectivity index (χ0n) is 12.6. The Morgan fingerprint density at radius 1 is 1.05 bits per heavy atom. The fourth-order valence-corrected chi connectivity index (χ4v) is 2.91. The fourth-order valence-electron chi connectivity index (χ4n) is 2.91. The lowest BCUT2D eigenvalue weighted by atomic mass is 9.96. The number of Topliss-reactive ketones (excluding diaryl/α,β-unsaturated/α-hetero) is 1. The van der Waals surface area contributed by atoms with Gasteiger partial charge in [-0.15, -0.1) is 0 Å². The van der Waals surface area contributed by atoms with E-state index in [-0.39, 0.29) is 5.78 Å². The molecule has 2 aromatic carbocycles. The van der Waals surface area contributed by atoms with Gasteiger partial charge in [0.1, 0.15) is 0 Å². The minimum Gasteiger partial charge on any atom is -0.294 e. The van der Waals surface area contributed by atoms with Gasteiger partial charge in [0.15, 0.2) is 5.78 Å². The number of benzene rings is 2. The van der Waals surface area contributed by atoms with Gasteiger partial charge in [-0.2, -0.15) is 5.10 Å². The van der Waals surface area contributed by atoms with Crippen molar-refractivity contribution < 1.29 is 4.79 Å². The molecule has 3 aromatic rings. The number of carbonyl (C=O) groups is 1. The number of hydrogen-bond acceptors (Lipinski definition) is 2. The summed E-state index contributed by atoms with van der Waals surface area (Å²) in [6.07, 6.45) is 0.340. The van der Waals surface area contributed by atoms with Crippen LogP contribution in [0.5, 0.6) is 0 Å². The van der Waals surface area contributed by atoms with Crippen LogP contribution in [0.4, 0.5) is 0 Å². The monoisotopic (exact) mass is 278 g/mol. The van der Waals surface area contributed by atoms with Crippen LogP contribution < -0.4 is 0 Å². The molecule has 106 valence electrons. The highest BCUT2D eigenvalue weighted by Crippen LogP contribution is 2.21. The van der Waals surface area contributed by atoms with Crippen LogP contribution in [-0.2, 0) is 13.5 Å². The van der Waals surface area contributed by atoms with Gasteiger partial charge in [0.05, 0.1) is 17.6 Å². The van der Waals surface area contributed by atoms with E-state index in [1.807, 2.05) is 68.0 Å². The van der Waals surface area contributed by atoms with Crippen molar-refractivity contribution in [1.29, 1.82) is 0 Å². The molecule has 1 aromatic heterocycles. The van der Waals surface area contributed by atoms with E-state index < -0.39 is 0 Å². The Labute approximate surface area is 124 Å². The molecule has 0 saturated carbocycles. The van der Waals surface area contributed by atoms with E-state index in [0.29, 0.717) is 6.42 Å². The van der Waals surface area contributed by atoms with Crippen LogP contribution in [0.3, 0.4) is 0 Å². The average molecular weight is 278 g/mol. The van der Waals surface area contributed by atoms with Crippen molar-refractivity contribution in [2.75, 3.05) is 0 Å². The maximum atomic E-state index is 12.7. The molecule has 0 unspecified atom stereocenters. The summed E-state index contributed by atoms with van der Waals surface area (Å²) in [5.41, 5.74) is 4.79. The van der Waals surface area contributed by atoms with Gasteiger partial charge in [-0.05, 0) is 31.0 Å². The topological polar surface area (TPSA) is 34.9 Å². The predicted molar refractivity (Wildman–Crippen MR) is 84.7 cm³/mol. The van der Waals surface area contributed by atoms with Crippen LogP contribution in [0.1, 0.15) is 27.2 Å². The van der Waals surface area contributed by atoms with Crippen LogP contribution >= 0.6 is 0 Å². The second-order valence-corrected chi connectivity index (χ2v) is 5.45. The quantitative estimate of drug-likeness (QED) is 0.686. The largest absolute Gasteiger partial charge is 0.294 e. The van der Waals surface area contributed by atoms with Gasteiger partial charge >= 0.3 is 0 Å². The Morgan fingerprint density at radius 2 is 1.71 bits per heavy atom. The third-order valence-corrected chi connectivity index (χ3v) is 3.92. The molecule has 3 rings (SSSR count). The van der Waals surface area contributed by atoms with Crippen LogP contribution in [0, 0.1) is 13.8 Å². The lowest BCUT2D eigenvalue weighted by molar-refractivity contribution is 0.0991. The van der Waals surface area contributed by atoms with Crippen LogP contribution in [0.15, 0.2) is 42.5 Å². The van der Waals surface area contributed by atoms with E-state index in [1.165, 1.54) is 0 Å². The van der Waals surface area contributed by atoms with Gasteiger partial charge in [-0.25, -0.2) is 0 Å². The van der Waals surface area contributed by atoms with Gasteiger partial charge in [0.25, 0.3) is 0 Å².